The summed E-state index contributed by atoms with van der Waals surface area (Å²) >= 11 is 0. The van der Waals surface area contributed by atoms with Gasteiger partial charge in [-0.2, -0.15) is 0 Å². The Labute approximate surface area is 119 Å². The molecule has 1 fully saturated rings. The van der Waals surface area contributed by atoms with Gasteiger partial charge in [-0.05, 0) is 57.5 Å². The molecule has 1 saturated heterocycles. The zero-order chi connectivity index (χ0) is 14.7. The van der Waals surface area contributed by atoms with Crippen molar-refractivity contribution in [1.29, 1.82) is 0 Å². The van der Waals surface area contributed by atoms with Gasteiger partial charge < -0.3 is 10.5 Å². The van der Waals surface area contributed by atoms with Gasteiger partial charge in [0.05, 0.1) is 5.60 Å². The number of hydrogen-bond donors (Lipinski definition) is 1. The van der Waals surface area contributed by atoms with Gasteiger partial charge in [-0.3, -0.25) is 4.90 Å². The van der Waals surface area contributed by atoms with Gasteiger partial charge in [-0.1, -0.05) is 20.8 Å². The van der Waals surface area contributed by atoms with E-state index < -0.39 is 0 Å². The summed E-state index contributed by atoms with van der Waals surface area (Å²) in [6, 6.07) is 0.455. The molecule has 0 radical (unpaired) electrons. The predicted molar refractivity (Wildman–Crippen MR) is 82.3 cm³/mol. The standard InChI is InChI=1S/C16H34N2O/c1-15(2,3)13-7-9-18(10-8-13)14(12-17)11-16(4,5)19-6/h13-14H,7-12,17H2,1-6H3. The molecule has 2 N–H and O–H groups in total. The van der Waals surface area contributed by atoms with Crippen LogP contribution >= 0.6 is 0 Å². The van der Waals surface area contributed by atoms with Crippen LogP contribution in [0.3, 0.4) is 0 Å². The summed E-state index contributed by atoms with van der Waals surface area (Å²) in [7, 11) is 1.79. The number of methoxy groups -OCH3 is 1. The maximum Gasteiger partial charge on any atom is 0.0638 e. The van der Waals surface area contributed by atoms with Crippen LogP contribution in [0.25, 0.3) is 0 Å². The van der Waals surface area contributed by atoms with E-state index in [1.807, 2.05) is 0 Å². The van der Waals surface area contributed by atoms with Crippen molar-refractivity contribution >= 4 is 0 Å². The lowest BCUT2D eigenvalue weighted by Gasteiger charge is -2.43. The number of ether oxygens (including phenoxy) is 1. The summed E-state index contributed by atoms with van der Waals surface area (Å²) in [5.41, 5.74) is 6.35. The molecule has 1 unspecified atom stereocenters. The smallest absolute Gasteiger partial charge is 0.0638 e. The Balaban J connectivity index is 2.53. The van der Waals surface area contributed by atoms with E-state index in [0.29, 0.717) is 11.5 Å². The van der Waals surface area contributed by atoms with E-state index in [0.717, 1.165) is 18.9 Å². The molecule has 1 heterocycles. The van der Waals surface area contributed by atoms with Gasteiger partial charge in [0.1, 0.15) is 0 Å². The molecule has 0 bridgehead atoms. The minimum atomic E-state index is -0.0785. The third kappa shape index (κ3) is 5.05. The highest BCUT2D eigenvalue weighted by Gasteiger charge is 2.33. The Kier molecular flexibility index (Phi) is 5.84. The van der Waals surface area contributed by atoms with E-state index in [2.05, 4.69) is 39.5 Å². The van der Waals surface area contributed by atoms with Gasteiger partial charge in [-0.25, -0.2) is 0 Å². The summed E-state index contributed by atoms with van der Waals surface area (Å²) in [4.78, 5) is 2.57. The van der Waals surface area contributed by atoms with E-state index in [1.165, 1.54) is 25.9 Å². The molecule has 1 aliphatic rings. The maximum absolute atomic E-state index is 5.99. The third-order valence-corrected chi connectivity index (χ3v) is 4.82. The van der Waals surface area contributed by atoms with Gasteiger partial charge in [0.25, 0.3) is 0 Å². The van der Waals surface area contributed by atoms with E-state index >= 15 is 0 Å². The van der Waals surface area contributed by atoms with Crippen molar-refractivity contribution in [3.05, 3.63) is 0 Å². The average molecular weight is 270 g/mol. The monoisotopic (exact) mass is 270 g/mol. The van der Waals surface area contributed by atoms with Gasteiger partial charge in [0, 0.05) is 19.7 Å². The van der Waals surface area contributed by atoms with E-state index in [1.54, 1.807) is 7.11 Å². The zero-order valence-corrected chi connectivity index (χ0v) is 13.8. The summed E-state index contributed by atoms with van der Waals surface area (Å²) in [5, 5.41) is 0. The molecule has 0 aromatic heterocycles. The second kappa shape index (κ2) is 6.55. The molecule has 114 valence electrons. The number of piperidine rings is 1. The summed E-state index contributed by atoms with van der Waals surface area (Å²) < 4.78 is 5.55. The van der Waals surface area contributed by atoms with Crippen LogP contribution in [0.15, 0.2) is 0 Å². The molecule has 3 nitrogen and oxygen atoms in total. The largest absolute Gasteiger partial charge is 0.379 e. The SMILES string of the molecule is COC(C)(C)CC(CN)N1CCC(C(C)(C)C)CC1. The Morgan fingerprint density at radius 2 is 1.68 bits per heavy atom. The number of nitrogens with zero attached hydrogens (tertiary/aromatic N) is 1. The van der Waals surface area contributed by atoms with Crippen molar-refractivity contribution in [1.82, 2.24) is 4.90 Å². The maximum atomic E-state index is 5.99. The molecular weight excluding hydrogens is 236 g/mol. The van der Waals surface area contributed by atoms with Crippen LogP contribution in [0.5, 0.6) is 0 Å². The fourth-order valence-corrected chi connectivity index (χ4v) is 3.14. The van der Waals surface area contributed by atoms with Gasteiger partial charge in [-0.15, -0.1) is 0 Å². The lowest BCUT2D eigenvalue weighted by Crippen LogP contribution is -2.49. The molecule has 0 aromatic rings. The van der Waals surface area contributed by atoms with Crippen LogP contribution < -0.4 is 5.73 Å². The van der Waals surface area contributed by atoms with Crippen molar-refractivity contribution in [3.63, 3.8) is 0 Å². The molecule has 0 amide bonds. The summed E-state index contributed by atoms with van der Waals surface area (Å²) in [5.74, 6) is 0.845. The van der Waals surface area contributed by atoms with Crippen LogP contribution in [0.4, 0.5) is 0 Å². The predicted octanol–water partition coefficient (Wildman–Crippen LogP) is 2.89. The van der Waals surface area contributed by atoms with Gasteiger partial charge >= 0.3 is 0 Å². The Morgan fingerprint density at radius 3 is 2.05 bits per heavy atom. The highest BCUT2D eigenvalue weighted by atomic mass is 16.5. The second-order valence-electron chi connectivity index (χ2n) is 7.73. The number of likely N-dealkylation sites (tertiary alicyclic amines) is 1. The quantitative estimate of drug-likeness (QED) is 0.835. The van der Waals surface area contributed by atoms with Crippen molar-refractivity contribution in [2.75, 3.05) is 26.7 Å². The zero-order valence-electron chi connectivity index (χ0n) is 13.8. The van der Waals surface area contributed by atoms with Crippen LogP contribution in [0.1, 0.15) is 53.9 Å². The fourth-order valence-electron chi connectivity index (χ4n) is 3.14. The molecule has 0 aromatic carbocycles. The van der Waals surface area contributed by atoms with Gasteiger partial charge in [0.15, 0.2) is 0 Å². The average Bonchev–Trinajstić information content (AvgIpc) is 2.35. The van der Waals surface area contributed by atoms with Crippen molar-refractivity contribution in [3.8, 4) is 0 Å². The number of hydrogen-bond acceptors (Lipinski definition) is 3. The third-order valence-electron chi connectivity index (χ3n) is 4.82. The highest BCUT2D eigenvalue weighted by molar-refractivity contribution is 4.87. The molecule has 19 heavy (non-hydrogen) atoms. The molecule has 1 rings (SSSR count). The minimum Gasteiger partial charge on any atom is -0.379 e. The number of nitrogens with two attached hydrogens (primary N) is 1. The summed E-state index contributed by atoms with van der Waals surface area (Å²) in [6.45, 7) is 14.5. The first-order chi connectivity index (χ1) is 8.69. The van der Waals surface area contributed by atoms with Crippen LogP contribution in [-0.2, 0) is 4.74 Å². The van der Waals surface area contributed by atoms with Crippen molar-refractivity contribution in [2.45, 2.75) is 65.5 Å². The van der Waals surface area contributed by atoms with Crippen LogP contribution in [0.2, 0.25) is 0 Å². The summed E-state index contributed by atoms with van der Waals surface area (Å²) in [6.07, 6.45) is 3.61. The fraction of sp³-hybridized carbons (Fsp3) is 1.00. The number of rotatable bonds is 5. The molecule has 0 spiro atoms. The Bertz CT molecular complexity index is 262. The van der Waals surface area contributed by atoms with Crippen LogP contribution in [0, 0.1) is 11.3 Å². The topological polar surface area (TPSA) is 38.5 Å². The first-order valence-electron chi connectivity index (χ1n) is 7.69. The van der Waals surface area contributed by atoms with Crippen LogP contribution in [-0.4, -0.2) is 43.3 Å². The molecule has 1 atom stereocenters. The highest BCUT2D eigenvalue weighted by Crippen LogP contribution is 2.35. The molecule has 3 heteroatoms. The first-order valence-corrected chi connectivity index (χ1v) is 7.69. The molecule has 1 aliphatic heterocycles. The van der Waals surface area contributed by atoms with E-state index in [9.17, 15) is 0 Å². The van der Waals surface area contributed by atoms with Gasteiger partial charge in [0.2, 0.25) is 0 Å². The lowest BCUT2D eigenvalue weighted by molar-refractivity contribution is -0.0156. The van der Waals surface area contributed by atoms with Crippen molar-refractivity contribution < 1.29 is 4.74 Å². The minimum absolute atomic E-state index is 0.0785. The first kappa shape index (κ1) is 16.9. The van der Waals surface area contributed by atoms with E-state index in [-0.39, 0.29) is 5.60 Å². The Morgan fingerprint density at radius 1 is 1.16 bits per heavy atom. The second-order valence-corrected chi connectivity index (χ2v) is 7.73. The molecule has 0 aliphatic carbocycles. The van der Waals surface area contributed by atoms with E-state index in [4.69, 9.17) is 10.5 Å². The lowest BCUT2D eigenvalue weighted by atomic mass is 9.75. The molecular formula is C16H34N2O. The molecule has 0 saturated carbocycles. The van der Waals surface area contributed by atoms with Crippen molar-refractivity contribution in [2.24, 2.45) is 17.1 Å². The Hall–Kier alpha value is -0.120. The normalized spacial score (nSPS) is 21.6.